The van der Waals surface area contributed by atoms with Crippen LogP contribution >= 0.6 is 0 Å². The number of aliphatic hydroxyl groups is 1. The van der Waals surface area contributed by atoms with Crippen molar-refractivity contribution in [3.63, 3.8) is 0 Å². The fraction of sp³-hybridized carbons (Fsp3) is 0.500. The summed E-state index contributed by atoms with van der Waals surface area (Å²) in [6, 6.07) is 3.90. The second-order valence-corrected chi connectivity index (χ2v) is 6.23. The fourth-order valence-electron chi connectivity index (χ4n) is 1.69. The van der Waals surface area contributed by atoms with Gasteiger partial charge in [0.15, 0.2) is 0 Å². The van der Waals surface area contributed by atoms with E-state index in [0.717, 1.165) is 0 Å². The molecule has 0 aliphatic rings. The van der Waals surface area contributed by atoms with Crippen molar-refractivity contribution in [2.45, 2.75) is 31.5 Å². The van der Waals surface area contributed by atoms with Crippen LogP contribution in [0.5, 0.6) is 0 Å². The highest BCUT2D eigenvalue weighted by atomic mass is 32.2. The van der Waals surface area contributed by atoms with Gasteiger partial charge >= 0.3 is 6.18 Å². The van der Waals surface area contributed by atoms with Crippen molar-refractivity contribution < 1.29 is 26.7 Å². The van der Waals surface area contributed by atoms with Gasteiger partial charge in [-0.1, -0.05) is 13.0 Å². The van der Waals surface area contributed by atoms with Gasteiger partial charge in [0.1, 0.15) is 6.54 Å². The third-order valence-corrected chi connectivity index (χ3v) is 4.75. The largest absolute Gasteiger partial charge is 0.402 e. The number of halogens is 3. The molecule has 114 valence electrons. The third-order valence-electron chi connectivity index (χ3n) is 2.84. The molecule has 1 aromatic carbocycles. The van der Waals surface area contributed by atoms with Crippen molar-refractivity contribution in [2.75, 3.05) is 13.1 Å². The highest BCUT2D eigenvalue weighted by molar-refractivity contribution is 7.89. The van der Waals surface area contributed by atoms with Gasteiger partial charge in [0.05, 0.1) is 11.5 Å². The van der Waals surface area contributed by atoms with Crippen molar-refractivity contribution in [3.05, 3.63) is 29.3 Å². The molecule has 8 heteroatoms. The molecule has 0 spiro atoms. The number of hydrogen-bond acceptors (Lipinski definition) is 3. The van der Waals surface area contributed by atoms with E-state index >= 15 is 0 Å². The molecule has 0 saturated carbocycles. The fourth-order valence-corrected chi connectivity index (χ4v) is 3.18. The Balaban J connectivity index is 3.20. The summed E-state index contributed by atoms with van der Waals surface area (Å²) in [6.07, 6.45) is -4.60. The molecule has 0 unspecified atom stereocenters. The number of aliphatic hydroxyl groups excluding tert-OH is 1. The average molecular weight is 311 g/mol. The maximum Gasteiger partial charge on any atom is 0.402 e. The van der Waals surface area contributed by atoms with Crippen LogP contribution in [0.4, 0.5) is 13.2 Å². The Morgan fingerprint density at radius 3 is 2.35 bits per heavy atom. The van der Waals surface area contributed by atoms with Crippen molar-refractivity contribution in [2.24, 2.45) is 0 Å². The maximum atomic E-state index is 12.4. The minimum atomic E-state index is -4.60. The molecule has 0 aromatic heterocycles. The second kappa shape index (κ2) is 6.11. The molecule has 0 saturated heterocycles. The number of benzene rings is 1. The Kier molecular flexibility index (Phi) is 5.17. The van der Waals surface area contributed by atoms with Gasteiger partial charge in [-0.15, -0.1) is 0 Å². The normalized spacial score (nSPS) is 12.9. The summed E-state index contributed by atoms with van der Waals surface area (Å²) in [5, 5.41) is 9.10. The summed E-state index contributed by atoms with van der Waals surface area (Å²) < 4.78 is 61.9. The monoisotopic (exact) mass is 311 g/mol. The summed E-state index contributed by atoms with van der Waals surface area (Å²) in [6.45, 7) is 0.818. The summed E-state index contributed by atoms with van der Waals surface area (Å²) in [5.74, 6) is 0. The number of hydrogen-bond donors (Lipinski definition) is 1. The smallest absolute Gasteiger partial charge is 0.392 e. The lowest BCUT2D eigenvalue weighted by atomic mass is 10.1. The molecular weight excluding hydrogens is 295 g/mol. The Bertz CT molecular complexity index is 570. The number of alkyl halides is 3. The molecule has 20 heavy (non-hydrogen) atoms. The summed E-state index contributed by atoms with van der Waals surface area (Å²) in [4.78, 5) is -0.252. The molecule has 0 amide bonds. The Labute approximate surface area is 115 Å². The molecule has 0 aliphatic heterocycles. The van der Waals surface area contributed by atoms with Crippen LogP contribution in [0.1, 0.15) is 18.1 Å². The zero-order valence-electron chi connectivity index (χ0n) is 11.1. The van der Waals surface area contributed by atoms with Crippen LogP contribution in [0.3, 0.4) is 0 Å². The van der Waals surface area contributed by atoms with Crippen LogP contribution in [-0.4, -0.2) is 37.1 Å². The first-order valence-electron chi connectivity index (χ1n) is 5.89. The van der Waals surface area contributed by atoms with E-state index in [-0.39, 0.29) is 18.0 Å². The van der Waals surface area contributed by atoms with Crippen LogP contribution in [0.2, 0.25) is 0 Å². The van der Waals surface area contributed by atoms with Crippen LogP contribution in [0, 0.1) is 6.92 Å². The highest BCUT2D eigenvalue weighted by Gasteiger charge is 2.36. The van der Waals surface area contributed by atoms with E-state index in [1.807, 2.05) is 0 Å². The Morgan fingerprint density at radius 1 is 1.30 bits per heavy atom. The van der Waals surface area contributed by atoms with E-state index < -0.39 is 22.7 Å². The number of nitrogens with zero attached hydrogens (tertiary/aromatic N) is 1. The quantitative estimate of drug-likeness (QED) is 0.905. The molecule has 1 aromatic rings. The van der Waals surface area contributed by atoms with Crippen LogP contribution in [0.25, 0.3) is 0 Å². The van der Waals surface area contributed by atoms with Gasteiger partial charge in [0.25, 0.3) is 0 Å². The molecule has 1 N–H and O–H groups in total. The maximum absolute atomic E-state index is 12.4. The molecule has 0 atom stereocenters. The van der Waals surface area contributed by atoms with Crippen LogP contribution < -0.4 is 0 Å². The van der Waals surface area contributed by atoms with E-state index in [1.165, 1.54) is 25.1 Å². The first-order valence-corrected chi connectivity index (χ1v) is 7.33. The first kappa shape index (κ1) is 16.9. The molecule has 0 heterocycles. The third kappa shape index (κ3) is 3.94. The van der Waals surface area contributed by atoms with Gasteiger partial charge in [-0.3, -0.25) is 0 Å². The van der Waals surface area contributed by atoms with Crippen molar-refractivity contribution in [1.82, 2.24) is 4.31 Å². The topological polar surface area (TPSA) is 57.6 Å². The van der Waals surface area contributed by atoms with Gasteiger partial charge in [0.2, 0.25) is 10.0 Å². The van der Waals surface area contributed by atoms with E-state index in [4.69, 9.17) is 5.11 Å². The molecular formula is C12H16F3NO3S. The van der Waals surface area contributed by atoms with Gasteiger partial charge in [-0.05, 0) is 30.2 Å². The molecule has 0 fully saturated rings. The average Bonchev–Trinajstić information content (AvgIpc) is 2.35. The molecule has 0 bridgehead atoms. The lowest BCUT2D eigenvalue weighted by Gasteiger charge is -2.22. The first-order chi connectivity index (χ1) is 9.11. The Hall–Kier alpha value is -1.12. The van der Waals surface area contributed by atoms with Crippen LogP contribution in [-0.2, 0) is 16.6 Å². The summed E-state index contributed by atoms with van der Waals surface area (Å²) in [7, 11) is -4.23. The van der Waals surface area contributed by atoms with Crippen molar-refractivity contribution in [1.29, 1.82) is 0 Å². The van der Waals surface area contributed by atoms with Crippen molar-refractivity contribution in [3.8, 4) is 0 Å². The van der Waals surface area contributed by atoms with Gasteiger partial charge in [-0.2, -0.15) is 17.5 Å². The molecule has 0 aliphatic carbocycles. The van der Waals surface area contributed by atoms with Gasteiger partial charge in [0, 0.05) is 6.54 Å². The predicted octanol–water partition coefficient (Wildman–Crippen LogP) is 2.06. The SMILES string of the molecule is CCN(CC(F)(F)F)S(=O)(=O)c1ccc(C)c(CO)c1. The summed E-state index contributed by atoms with van der Waals surface area (Å²) in [5.41, 5.74) is 1.04. The number of sulfonamides is 1. The van der Waals surface area contributed by atoms with Gasteiger partial charge < -0.3 is 5.11 Å². The zero-order valence-corrected chi connectivity index (χ0v) is 11.9. The lowest BCUT2D eigenvalue weighted by Crippen LogP contribution is -2.38. The van der Waals surface area contributed by atoms with Crippen LogP contribution in [0.15, 0.2) is 23.1 Å². The molecule has 0 radical (unpaired) electrons. The minimum Gasteiger partial charge on any atom is -0.392 e. The minimum absolute atomic E-state index is 0.252. The van der Waals surface area contributed by atoms with Gasteiger partial charge in [-0.25, -0.2) is 8.42 Å². The lowest BCUT2D eigenvalue weighted by molar-refractivity contribution is -0.135. The van der Waals surface area contributed by atoms with E-state index in [9.17, 15) is 21.6 Å². The number of aryl methyl sites for hydroxylation is 1. The standard InChI is InChI=1S/C12H16F3NO3S/c1-3-16(8-12(13,14)15)20(18,19)11-5-4-9(2)10(6-11)7-17/h4-6,17H,3,7-8H2,1-2H3. The molecule has 4 nitrogen and oxygen atoms in total. The van der Waals surface area contributed by atoms with E-state index in [2.05, 4.69) is 0 Å². The van der Waals surface area contributed by atoms with Crippen molar-refractivity contribution >= 4 is 10.0 Å². The number of rotatable bonds is 5. The molecule has 1 rings (SSSR count). The van der Waals surface area contributed by atoms with E-state index in [1.54, 1.807) is 6.92 Å². The highest BCUT2D eigenvalue weighted by Crippen LogP contribution is 2.24. The Morgan fingerprint density at radius 2 is 1.90 bits per heavy atom. The predicted molar refractivity (Wildman–Crippen MR) is 67.6 cm³/mol. The van der Waals surface area contributed by atoms with E-state index in [0.29, 0.717) is 15.4 Å². The summed E-state index contributed by atoms with van der Waals surface area (Å²) >= 11 is 0. The zero-order chi connectivity index (χ0) is 15.6. The second-order valence-electron chi connectivity index (χ2n) is 4.29.